The monoisotopic (exact) mass is 402 g/mol. The van der Waals surface area contributed by atoms with Crippen molar-refractivity contribution >= 4 is 39.8 Å². The fourth-order valence-electron chi connectivity index (χ4n) is 2.72. The van der Waals surface area contributed by atoms with Crippen molar-refractivity contribution in [3.8, 4) is 5.75 Å². The van der Waals surface area contributed by atoms with Crippen LogP contribution in [0.25, 0.3) is 0 Å². The molecule has 2 amide bonds. The molecule has 0 unspecified atom stereocenters. The highest BCUT2D eigenvalue weighted by Gasteiger charge is 2.32. The Morgan fingerprint density at radius 2 is 1.96 bits per heavy atom. The highest BCUT2D eigenvalue weighted by atomic mass is 32.1. The summed E-state index contributed by atoms with van der Waals surface area (Å²) in [6.07, 6.45) is 1.68. The van der Waals surface area contributed by atoms with Gasteiger partial charge >= 0.3 is 5.97 Å². The van der Waals surface area contributed by atoms with E-state index in [1.807, 2.05) is 0 Å². The van der Waals surface area contributed by atoms with Crippen LogP contribution in [-0.2, 0) is 9.53 Å². The first-order valence-electron chi connectivity index (χ1n) is 9.01. The second-order valence-corrected chi connectivity index (χ2v) is 7.45. The van der Waals surface area contributed by atoms with E-state index < -0.39 is 5.97 Å². The molecular formula is C20H22N2O5S. The van der Waals surface area contributed by atoms with Crippen molar-refractivity contribution in [2.45, 2.75) is 26.7 Å². The number of hydrogen-bond acceptors (Lipinski definition) is 6. The van der Waals surface area contributed by atoms with Crippen molar-refractivity contribution in [3.63, 3.8) is 0 Å². The lowest BCUT2D eigenvalue weighted by molar-refractivity contribution is -0.117. The summed E-state index contributed by atoms with van der Waals surface area (Å²) in [5.41, 5.74) is 1.28. The van der Waals surface area contributed by atoms with E-state index in [2.05, 4.69) is 10.6 Å². The van der Waals surface area contributed by atoms with Gasteiger partial charge in [0.15, 0.2) is 0 Å². The summed E-state index contributed by atoms with van der Waals surface area (Å²) in [6, 6.07) is 6.98. The summed E-state index contributed by atoms with van der Waals surface area (Å²) in [5, 5.41) is 5.94. The lowest BCUT2D eigenvalue weighted by Gasteiger charge is -2.07. The van der Waals surface area contributed by atoms with Gasteiger partial charge in [0.2, 0.25) is 5.91 Å². The van der Waals surface area contributed by atoms with Crippen molar-refractivity contribution in [2.24, 2.45) is 5.92 Å². The predicted octanol–water partition coefficient (Wildman–Crippen LogP) is 3.84. The maximum Gasteiger partial charge on any atom is 0.341 e. The number of rotatable bonds is 7. The second-order valence-electron chi connectivity index (χ2n) is 6.43. The molecule has 1 heterocycles. The average Bonchev–Trinajstić information content (AvgIpc) is 3.46. The topological polar surface area (TPSA) is 93.7 Å². The molecule has 1 aromatic carbocycles. The van der Waals surface area contributed by atoms with Gasteiger partial charge in [-0.1, -0.05) is 6.07 Å². The van der Waals surface area contributed by atoms with E-state index >= 15 is 0 Å². The number of thiophene rings is 1. The standard InChI is InChI=1S/C20H22N2O5S/c1-4-27-20(25)15-11(2)16(28-19(15)22-17(23)12-8-9-12)18(24)21-13-6-5-7-14(10-13)26-3/h5-7,10,12H,4,8-9H2,1-3H3,(H,21,24)(H,22,23). The molecule has 148 valence electrons. The Labute approximate surface area is 167 Å². The summed E-state index contributed by atoms with van der Waals surface area (Å²) >= 11 is 1.08. The lowest BCUT2D eigenvalue weighted by atomic mass is 10.1. The summed E-state index contributed by atoms with van der Waals surface area (Å²) in [4.78, 5) is 37.8. The van der Waals surface area contributed by atoms with E-state index in [1.54, 1.807) is 45.2 Å². The third-order valence-electron chi connectivity index (χ3n) is 4.35. The van der Waals surface area contributed by atoms with Crippen molar-refractivity contribution < 1.29 is 23.9 Å². The summed E-state index contributed by atoms with van der Waals surface area (Å²) in [5.74, 6) is -0.459. The zero-order valence-electron chi connectivity index (χ0n) is 16.0. The van der Waals surface area contributed by atoms with E-state index in [0.717, 1.165) is 24.2 Å². The minimum atomic E-state index is -0.553. The minimum Gasteiger partial charge on any atom is -0.497 e. The van der Waals surface area contributed by atoms with Crippen LogP contribution >= 0.6 is 11.3 Å². The Kier molecular flexibility index (Phi) is 5.99. The maximum absolute atomic E-state index is 12.8. The van der Waals surface area contributed by atoms with Crippen LogP contribution in [0.2, 0.25) is 0 Å². The van der Waals surface area contributed by atoms with Gasteiger partial charge in [-0.15, -0.1) is 11.3 Å². The fourth-order valence-corrected chi connectivity index (χ4v) is 3.81. The number of esters is 1. The average molecular weight is 402 g/mol. The van der Waals surface area contributed by atoms with Crippen LogP contribution in [0.5, 0.6) is 5.75 Å². The molecule has 1 aliphatic rings. The van der Waals surface area contributed by atoms with Crippen LogP contribution in [0.4, 0.5) is 10.7 Å². The number of methoxy groups -OCH3 is 1. The quantitative estimate of drug-likeness (QED) is 0.686. The number of carbonyl (C=O) groups is 3. The molecular weight excluding hydrogens is 380 g/mol. The van der Waals surface area contributed by atoms with Crippen molar-refractivity contribution in [1.29, 1.82) is 0 Å². The van der Waals surface area contributed by atoms with Gasteiger partial charge in [-0.05, 0) is 44.4 Å². The molecule has 1 fully saturated rings. The largest absolute Gasteiger partial charge is 0.497 e. The van der Waals surface area contributed by atoms with Crippen LogP contribution in [0, 0.1) is 12.8 Å². The number of benzene rings is 1. The van der Waals surface area contributed by atoms with E-state index in [-0.39, 0.29) is 29.9 Å². The first-order valence-corrected chi connectivity index (χ1v) is 9.83. The predicted molar refractivity (Wildman–Crippen MR) is 107 cm³/mol. The Hall–Kier alpha value is -2.87. The van der Waals surface area contributed by atoms with Gasteiger partial charge in [0.05, 0.1) is 24.2 Å². The molecule has 28 heavy (non-hydrogen) atoms. The summed E-state index contributed by atoms with van der Waals surface area (Å²) in [6.45, 7) is 3.59. The molecule has 0 radical (unpaired) electrons. The van der Waals surface area contributed by atoms with Gasteiger partial charge in [-0.3, -0.25) is 9.59 Å². The van der Waals surface area contributed by atoms with Crippen molar-refractivity contribution in [1.82, 2.24) is 0 Å². The molecule has 0 bridgehead atoms. The fraction of sp³-hybridized carbons (Fsp3) is 0.350. The smallest absolute Gasteiger partial charge is 0.341 e. The molecule has 2 aromatic rings. The Balaban J connectivity index is 1.89. The number of hydrogen-bond donors (Lipinski definition) is 2. The summed E-state index contributed by atoms with van der Waals surface area (Å²) < 4.78 is 10.3. The Bertz CT molecular complexity index is 917. The number of amides is 2. The van der Waals surface area contributed by atoms with Crippen LogP contribution in [0.3, 0.4) is 0 Å². The zero-order chi connectivity index (χ0) is 20.3. The van der Waals surface area contributed by atoms with Gasteiger partial charge < -0.3 is 20.1 Å². The Morgan fingerprint density at radius 1 is 1.21 bits per heavy atom. The van der Waals surface area contributed by atoms with E-state index in [1.165, 1.54) is 0 Å². The van der Waals surface area contributed by atoms with E-state index in [9.17, 15) is 14.4 Å². The molecule has 0 spiro atoms. The van der Waals surface area contributed by atoms with Crippen LogP contribution in [0.1, 0.15) is 45.4 Å². The molecule has 1 aromatic heterocycles. The van der Waals surface area contributed by atoms with E-state index in [0.29, 0.717) is 26.9 Å². The normalized spacial score (nSPS) is 13.0. The minimum absolute atomic E-state index is 0.0217. The van der Waals surface area contributed by atoms with Crippen molar-refractivity contribution in [2.75, 3.05) is 24.4 Å². The first kappa shape index (κ1) is 19.9. The van der Waals surface area contributed by atoms with Gasteiger partial charge in [0.1, 0.15) is 10.8 Å². The van der Waals surface area contributed by atoms with Gasteiger partial charge in [-0.2, -0.15) is 0 Å². The molecule has 7 nitrogen and oxygen atoms in total. The summed E-state index contributed by atoms with van der Waals surface area (Å²) in [7, 11) is 1.55. The third kappa shape index (κ3) is 4.33. The van der Waals surface area contributed by atoms with Crippen LogP contribution in [-0.4, -0.2) is 31.5 Å². The molecule has 0 aliphatic heterocycles. The van der Waals surface area contributed by atoms with Gasteiger partial charge in [0, 0.05) is 17.7 Å². The number of anilines is 2. The lowest BCUT2D eigenvalue weighted by Crippen LogP contribution is -2.16. The van der Waals surface area contributed by atoms with Crippen LogP contribution in [0.15, 0.2) is 24.3 Å². The van der Waals surface area contributed by atoms with Crippen molar-refractivity contribution in [3.05, 3.63) is 40.3 Å². The third-order valence-corrected chi connectivity index (χ3v) is 5.55. The molecule has 8 heteroatoms. The highest BCUT2D eigenvalue weighted by molar-refractivity contribution is 7.19. The van der Waals surface area contributed by atoms with E-state index in [4.69, 9.17) is 9.47 Å². The molecule has 1 aliphatic carbocycles. The zero-order valence-corrected chi connectivity index (χ0v) is 16.8. The second kappa shape index (κ2) is 8.43. The van der Waals surface area contributed by atoms with Crippen LogP contribution < -0.4 is 15.4 Å². The SMILES string of the molecule is CCOC(=O)c1c(NC(=O)C2CC2)sc(C(=O)Nc2cccc(OC)c2)c1C. The molecule has 0 saturated heterocycles. The molecule has 3 rings (SSSR count). The maximum atomic E-state index is 12.8. The highest BCUT2D eigenvalue weighted by Crippen LogP contribution is 2.37. The Morgan fingerprint density at radius 3 is 2.61 bits per heavy atom. The van der Waals surface area contributed by atoms with Gasteiger partial charge in [-0.25, -0.2) is 4.79 Å². The van der Waals surface area contributed by atoms with Gasteiger partial charge in [0.25, 0.3) is 5.91 Å². The first-order chi connectivity index (χ1) is 13.4. The number of carbonyl (C=O) groups excluding carboxylic acids is 3. The molecule has 2 N–H and O–H groups in total. The number of nitrogens with one attached hydrogen (secondary N) is 2. The number of ether oxygens (including phenoxy) is 2. The molecule has 1 saturated carbocycles. The molecule has 0 atom stereocenters.